The zero-order valence-electron chi connectivity index (χ0n) is 23.4. The van der Waals surface area contributed by atoms with E-state index in [-0.39, 0.29) is 28.0 Å². The molecule has 6 nitrogen and oxygen atoms in total. The molecule has 1 aliphatic carbocycles. The summed E-state index contributed by atoms with van der Waals surface area (Å²) in [5, 5.41) is 17.7. The van der Waals surface area contributed by atoms with E-state index < -0.39 is 17.0 Å². The van der Waals surface area contributed by atoms with Gasteiger partial charge in [0.05, 0.1) is 21.6 Å². The minimum atomic E-state index is -0.970. The van der Waals surface area contributed by atoms with Crippen molar-refractivity contribution in [3.05, 3.63) is 63.1 Å². The Morgan fingerprint density at radius 1 is 1.10 bits per heavy atom. The number of carbonyl (C=O) groups excluding carboxylic acids is 2. The Balaban J connectivity index is 0.000000229. The number of fused-ring (bicyclic) bond motifs is 2. The van der Waals surface area contributed by atoms with Crippen LogP contribution in [0.2, 0.25) is 10.0 Å². The van der Waals surface area contributed by atoms with E-state index in [1.165, 1.54) is 24.3 Å². The highest BCUT2D eigenvalue weighted by atomic mass is 35.5. The lowest BCUT2D eigenvalue weighted by Gasteiger charge is -2.29. The number of carbonyl (C=O) groups is 2. The van der Waals surface area contributed by atoms with Crippen molar-refractivity contribution in [2.75, 3.05) is 25.0 Å². The fourth-order valence-electron chi connectivity index (χ4n) is 5.40. The Labute approximate surface area is 245 Å². The van der Waals surface area contributed by atoms with Crippen LogP contribution in [0.1, 0.15) is 70.4 Å². The van der Waals surface area contributed by atoms with Crippen molar-refractivity contribution in [3.8, 4) is 0 Å². The van der Waals surface area contributed by atoms with Gasteiger partial charge in [0.25, 0.3) is 0 Å². The maximum atomic E-state index is 14.0. The van der Waals surface area contributed by atoms with Crippen molar-refractivity contribution >= 4 is 41.2 Å². The zero-order valence-corrected chi connectivity index (χ0v) is 24.9. The molecular weight excluding hydrogens is 559 g/mol. The molecular formula is C30H39Cl2F2N3O3. The third-order valence-corrected chi connectivity index (χ3v) is 7.76. The molecule has 4 N–H and O–H groups in total. The van der Waals surface area contributed by atoms with Crippen molar-refractivity contribution in [2.45, 2.75) is 70.8 Å². The first-order chi connectivity index (χ1) is 18.8. The number of benzene rings is 2. The second-order valence-electron chi connectivity index (χ2n) is 12.3. The molecule has 1 saturated heterocycles. The molecule has 2 heterocycles. The van der Waals surface area contributed by atoms with E-state index in [1.807, 2.05) is 0 Å². The number of rotatable bonds is 5. The number of aliphatic hydroxyl groups excluding tert-OH is 1. The van der Waals surface area contributed by atoms with Crippen LogP contribution in [0.3, 0.4) is 0 Å². The van der Waals surface area contributed by atoms with Gasteiger partial charge in [-0.15, -0.1) is 0 Å². The Bertz CT molecular complexity index is 1200. The quantitative estimate of drug-likeness (QED) is 0.244. The monoisotopic (exact) mass is 597 g/mol. The minimum Gasteiger partial charge on any atom is -0.393 e. The Hall–Kier alpha value is -2.26. The molecule has 2 amide bonds. The first-order valence-electron chi connectivity index (χ1n) is 13.6. The third kappa shape index (κ3) is 7.93. The van der Waals surface area contributed by atoms with E-state index in [4.69, 9.17) is 28.3 Å². The van der Waals surface area contributed by atoms with Gasteiger partial charge in [0.1, 0.15) is 11.6 Å². The van der Waals surface area contributed by atoms with Crippen LogP contribution in [0.4, 0.5) is 14.5 Å². The summed E-state index contributed by atoms with van der Waals surface area (Å²) in [5.74, 6) is -0.993. The van der Waals surface area contributed by atoms with E-state index in [2.05, 4.69) is 43.6 Å². The summed E-state index contributed by atoms with van der Waals surface area (Å²) in [7, 11) is 0. The molecule has 0 aromatic heterocycles. The van der Waals surface area contributed by atoms with Gasteiger partial charge in [0.2, 0.25) is 12.3 Å². The molecule has 1 spiro atoms. The highest BCUT2D eigenvalue weighted by Gasteiger charge is 2.55. The summed E-state index contributed by atoms with van der Waals surface area (Å²) < 4.78 is 27.5. The lowest BCUT2D eigenvalue weighted by molar-refractivity contribution is -0.120. The van der Waals surface area contributed by atoms with Crippen LogP contribution in [0, 0.1) is 23.0 Å². The maximum absolute atomic E-state index is 14.0. The van der Waals surface area contributed by atoms with Gasteiger partial charge in [-0.25, -0.2) is 8.78 Å². The van der Waals surface area contributed by atoms with Gasteiger partial charge in [-0.3, -0.25) is 9.59 Å². The smallest absolute Gasteiger partial charge is 0.237 e. The van der Waals surface area contributed by atoms with Gasteiger partial charge in [-0.05, 0) is 72.4 Å². The second-order valence-corrected chi connectivity index (χ2v) is 13.1. The van der Waals surface area contributed by atoms with E-state index in [1.54, 1.807) is 6.07 Å². The average molecular weight is 599 g/mol. The van der Waals surface area contributed by atoms with Gasteiger partial charge in [0, 0.05) is 31.2 Å². The summed E-state index contributed by atoms with van der Waals surface area (Å²) in [4.78, 5) is 22.7. The van der Waals surface area contributed by atoms with Crippen LogP contribution in [0.5, 0.6) is 0 Å². The fourth-order valence-corrected chi connectivity index (χ4v) is 5.75. The van der Waals surface area contributed by atoms with Crippen molar-refractivity contribution in [1.82, 2.24) is 10.6 Å². The van der Waals surface area contributed by atoms with Crippen molar-refractivity contribution in [1.29, 1.82) is 0 Å². The first-order valence-corrected chi connectivity index (χ1v) is 14.3. The largest absolute Gasteiger partial charge is 0.393 e. The van der Waals surface area contributed by atoms with Crippen LogP contribution in [-0.4, -0.2) is 43.2 Å². The Morgan fingerprint density at radius 3 is 2.38 bits per heavy atom. The van der Waals surface area contributed by atoms with E-state index in [9.17, 15) is 18.4 Å². The highest BCUT2D eigenvalue weighted by Crippen LogP contribution is 2.50. The van der Waals surface area contributed by atoms with Gasteiger partial charge < -0.3 is 21.1 Å². The molecule has 2 aromatic rings. The first kappa shape index (κ1) is 32.3. The minimum absolute atomic E-state index is 0.00420. The summed E-state index contributed by atoms with van der Waals surface area (Å²) in [6, 6.07) is 7.14. The molecule has 2 aliphatic heterocycles. The number of hydrogen-bond donors (Lipinski definition) is 4. The summed E-state index contributed by atoms with van der Waals surface area (Å²) >= 11 is 11.7. The summed E-state index contributed by atoms with van der Waals surface area (Å²) in [5.41, 5.74) is 1.32. The second kappa shape index (κ2) is 13.6. The topological polar surface area (TPSA) is 90.5 Å². The van der Waals surface area contributed by atoms with E-state index in [0.717, 1.165) is 44.2 Å². The lowest BCUT2D eigenvalue weighted by Crippen LogP contribution is -2.41. The SMILES string of the molecule is CC(C)(C)C.O=C1Nc2cc(Cl)c(F)cc2[C@@]12CNC[C@@H]2c1ccc(F)c(Cl)c1.O=CNCCC1CCC(O)C1. The lowest BCUT2D eigenvalue weighted by atomic mass is 9.70. The molecule has 2 unspecified atom stereocenters. The van der Waals surface area contributed by atoms with Gasteiger partial charge in [-0.1, -0.05) is 57.0 Å². The van der Waals surface area contributed by atoms with Crippen molar-refractivity contribution < 1.29 is 23.5 Å². The molecule has 2 fully saturated rings. The molecule has 0 radical (unpaired) electrons. The number of amides is 2. The highest BCUT2D eigenvalue weighted by molar-refractivity contribution is 6.31. The number of halogens is 4. The van der Waals surface area contributed by atoms with Gasteiger partial charge in [-0.2, -0.15) is 0 Å². The molecule has 220 valence electrons. The molecule has 5 rings (SSSR count). The van der Waals surface area contributed by atoms with E-state index in [0.29, 0.717) is 35.7 Å². The van der Waals surface area contributed by atoms with Crippen LogP contribution in [0.15, 0.2) is 30.3 Å². The Morgan fingerprint density at radius 2 is 1.77 bits per heavy atom. The number of aliphatic hydroxyl groups is 1. The van der Waals surface area contributed by atoms with Crippen LogP contribution >= 0.6 is 23.2 Å². The molecule has 10 heteroatoms. The molecule has 3 aliphatic rings. The zero-order chi connectivity index (χ0) is 29.7. The standard InChI is InChI=1S/C17H12Cl2F2N2O.C8H15NO2.C5H12/c18-11-3-8(1-2-13(11)20)10-6-22-7-17(10)9-4-14(21)12(19)5-15(9)23-16(17)24;10-6-9-4-3-7-1-2-8(11)5-7;1-5(2,3)4/h1-5,10,22H,6-7H2,(H,23,24);6-8,11H,1-5H2,(H,9,10);1-4H3/t10-,17-;;/m1../s1. The Kier molecular flexibility index (Phi) is 11.0. The van der Waals surface area contributed by atoms with Crippen LogP contribution < -0.4 is 16.0 Å². The molecule has 40 heavy (non-hydrogen) atoms. The predicted octanol–water partition coefficient (Wildman–Crippen LogP) is 6.18. The van der Waals surface area contributed by atoms with Crippen molar-refractivity contribution in [2.24, 2.45) is 11.3 Å². The molecule has 4 atom stereocenters. The predicted molar refractivity (Wildman–Crippen MR) is 156 cm³/mol. The number of nitrogens with one attached hydrogen (secondary N) is 3. The third-order valence-electron chi connectivity index (χ3n) is 7.18. The van der Waals surface area contributed by atoms with E-state index >= 15 is 0 Å². The summed E-state index contributed by atoms with van der Waals surface area (Å²) in [6.07, 6.45) is 4.62. The fraction of sp³-hybridized carbons (Fsp3) is 0.533. The number of hydrogen-bond acceptors (Lipinski definition) is 4. The average Bonchev–Trinajstić information content (AvgIpc) is 3.55. The van der Waals surface area contributed by atoms with Crippen LogP contribution in [0.25, 0.3) is 0 Å². The normalized spacial score (nSPS) is 24.9. The maximum Gasteiger partial charge on any atom is 0.237 e. The van der Waals surface area contributed by atoms with Crippen molar-refractivity contribution in [3.63, 3.8) is 0 Å². The molecule has 1 saturated carbocycles. The van der Waals surface area contributed by atoms with Gasteiger partial charge in [0.15, 0.2) is 0 Å². The molecule has 0 bridgehead atoms. The number of anilines is 1. The summed E-state index contributed by atoms with van der Waals surface area (Å²) in [6.45, 7) is 10.4. The molecule has 2 aromatic carbocycles. The van der Waals surface area contributed by atoms with Crippen LogP contribution in [-0.2, 0) is 15.0 Å². The van der Waals surface area contributed by atoms with Gasteiger partial charge >= 0.3 is 0 Å².